The average molecular weight is 233 g/mol. The van der Waals surface area contributed by atoms with Crippen molar-refractivity contribution < 1.29 is 8.42 Å². The van der Waals surface area contributed by atoms with Crippen molar-refractivity contribution in [2.45, 2.75) is 11.8 Å². The number of fused-ring (bicyclic) bond motifs is 1. The van der Waals surface area contributed by atoms with Gasteiger partial charge in [-0.3, -0.25) is 4.98 Å². The van der Waals surface area contributed by atoms with Gasteiger partial charge in [0.05, 0.1) is 10.4 Å². The van der Waals surface area contributed by atoms with Crippen LogP contribution in [0.3, 0.4) is 0 Å². The number of hydrogen-bond donors (Lipinski definition) is 0. The first-order valence-corrected chi connectivity index (χ1v) is 6.33. The zero-order chi connectivity index (χ0) is 11.8. The molecule has 1 aromatic carbocycles. The normalized spacial score (nSPS) is 11.6. The number of rotatable bonds is 2. The molecule has 0 amide bonds. The third-order valence-corrected chi connectivity index (χ3v) is 3.72. The lowest BCUT2D eigenvalue weighted by Gasteiger charge is -2.05. The molecule has 1 heterocycles. The molecule has 4 heteroatoms. The predicted octanol–water partition coefficient (Wildman–Crippen LogP) is 2.46. The van der Waals surface area contributed by atoms with Gasteiger partial charge in [-0.15, -0.1) is 0 Å². The van der Waals surface area contributed by atoms with Crippen molar-refractivity contribution in [3.8, 4) is 0 Å². The van der Waals surface area contributed by atoms with Crippen LogP contribution in [0.15, 0.2) is 47.2 Å². The fourth-order valence-corrected chi connectivity index (χ4v) is 2.59. The molecule has 0 atom stereocenters. The molecule has 2 aromatic rings. The molecule has 0 aliphatic carbocycles. The Labute approximate surface area is 94.4 Å². The fourth-order valence-electron chi connectivity index (χ4n) is 1.59. The number of benzene rings is 1. The summed E-state index contributed by atoms with van der Waals surface area (Å²) in [6.45, 7) is 5.11. The van der Waals surface area contributed by atoms with Gasteiger partial charge < -0.3 is 0 Å². The Morgan fingerprint density at radius 3 is 2.69 bits per heavy atom. The Morgan fingerprint density at radius 2 is 2.00 bits per heavy atom. The van der Waals surface area contributed by atoms with E-state index in [1.807, 2.05) is 6.07 Å². The Morgan fingerprint density at radius 1 is 1.31 bits per heavy atom. The van der Waals surface area contributed by atoms with E-state index in [1.54, 1.807) is 31.2 Å². The summed E-state index contributed by atoms with van der Waals surface area (Å²) in [4.78, 5) is 4.55. The Kier molecular flexibility index (Phi) is 2.52. The molecular weight excluding hydrogens is 222 g/mol. The quantitative estimate of drug-likeness (QED) is 0.800. The molecule has 16 heavy (non-hydrogen) atoms. The van der Waals surface area contributed by atoms with Crippen LogP contribution in [0, 0.1) is 6.92 Å². The highest BCUT2D eigenvalue weighted by Crippen LogP contribution is 2.23. The molecule has 3 nitrogen and oxygen atoms in total. The first-order valence-electron chi connectivity index (χ1n) is 4.78. The highest BCUT2D eigenvalue weighted by atomic mass is 32.2. The summed E-state index contributed by atoms with van der Waals surface area (Å²) in [5.41, 5.74) is 1.36. The summed E-state index contributed by atoms with van der Waals surface area (Å²) in [7, 11) is -3.42. The van der Waals surface area contributed by atoms with E-state index in [0.29, 0.717) is 16.6 Å². The molecule has 0 unspecified atom stereocenters. The molecule has 0 aliphatic rings. The van der Waals surface area contributed by atoms with E-state index >= 15 is 0 Å². The largest absolute Gasteiger partial charge is 0.253 e. The highest BCUT2D eigenvalue weighted by Gasteiger charge is 2.14. The molecule has 2 rings (SSSR count). The van der Waals surface area contributed by atoms with E-state index in [9.17, 15) is 8.42 Å². The summed E-state index contributed by atoms with van der Waals surface area (Å²) in [5, 5.41) is 1.60. The van der Waals surface area contributed by atoms with Crippen LogP contribution in [0.4, 0.5) is 0 Å². The minimum atomic E-state index is -3.42. The minimum Gasteiger partial charge on any atom is -0.253 e. The Balaban J connectivity index is 2.94. The first kappa shape index (κ1) is 10.8. The molecule has 0 fully saturated rings. The average Bonchev–Trinajstić information content (AvgIpc) is 2.28. The monoisotopic (exact) mass is 233 g/mol. The molecule has 0 spiro atoms. The second-order valence-corrected chi connectivity index (χ2v) is 5.35. The molecule has 82 valence electrons. The van der Waals surface area contributed by atoms with Crippen LogP contribution in [0.1, 0.15) is 5.69 Å². The number of aromatic nitrogens is 1. The lowest BCUT2D eigenvalue weighted by atomic mass is 10.2. The van der Waals surface area contributed by atoms with E-state index in [-0.39, 0.29) is 4.90 Å². The maximum absolute atomic E-state index is 11.8. The van der Waals surface area contributed by atoms with Crippen molar-refractivity contribution >= 4 is 20.7 Å². The van der Waals surface area contributed by atoms with Crippen molar-refractivity contribution in [2.24, 2.45) is 0 Å². The van der Waals surface area contributed by atoms with Crippen molar-refractivity contribution in [3.05, 3.63) is 48.0 Å². The molecule has 0 N–H and O–H groups in total. The maximum atomic E-state index is 11.8. The summed E-state index contributed by atoms with van der Waals surface area (Å²) in [6, 6.07) is 8.74. The standard InChI is InChI=1S/C12H11NO2S/c1-3-16(14,15)12-8-9(2)13-11-7-5-4-6-10(11)12/h3-8H,1H2,2H3. The summed E-state index contributed by atoms with van der Waals surface area (Å²) in [5.74, 6) is 0. The van der Waals surface area contributed by atoms with Gasteiger partial charge in [0.25, 0.3) is 0 Å². The molecule has 0 bridgehead atoms. The molecule has 0 saturated carbocycles. The highest BCUT2D eigenvalue weighted by molar-refractivity contribution is 7.94. The zero-order valence-corrected chi connectivity index (χ0v) is 9.66. The molecule has 0 saturated heterocycles. The first-order chi connectivity index (χ1) is 7.54. The Bertz CT molecular complexity index is 660. The van der Waals surface area contributed by atoms with Crippen LogP contribution in [-0.2, 0) is 9.84 Å². The zero-order valence-electron chi connectivity index (χ0n) is 8.84. The van der Waals surface area contributed by atoms with Gasteiger partial charge in [-0.2, -0.15) is 0 Å². The minimum absolute atomic E-state index is 0.269. The van der Waals surface area contributed by atoms with Crippen LogP contribution in [0.2, 0.25) is 0 Å². The van der Waals surface area contributed by atoms with E-state index in [1.165, 1.54) is 0 Å². The van der Waals surface area contributed by atoms with E-state index < -0.39 is 9.84 Å². The van der Waals surface area contributed by atoms with E-state index in [4.69, 9.17) is 0 Å². The third-order valence-electron chi connectivity index (χ3n) is 2.33. The van der Waals surface area contributed by atoms with Crippen LogP contribution in [-0.4, -0.2) is 13.4 Å². The number of hydrogen-bond acceptors (Lipinski definition) is 3. The molecule has 1 aromatic heterocycles. The number of sulfone groups is 1. The van der Waals surface area contributed by atoms with Crippen molar-refractivity contribution in [2.75, 3.05) is 0 Å². The number of aryl methyl sites for hydroxylation is 1. The van der Waals surface area contributed by atoms with Gasteiger partial charge >= 0.3 is 0 Å². The summed E-state index contributed by atoms with van der Waals surface area (Å²) >= 11 is 0. The third kappa shape index (κ3) is 1.72. The summed E-state index contributed by atoms with van der Waals surface area (Å²) < 4.78 is 23.6. The van der Waals surface area contributed by atoms with Gasteiger partial charge in [0.2, 0.25) is 0 Å². The molecular formula is C12H11NO2S. The summed E-state index contributed by atoms with van der Waals surface area (Å²) in [6.07, 6.45) is 0. The second kappa shape index (κ2) is 3.72. The van der Waals surface area contributed by atoms with Gasteiger partial charge in [-0.1, -0.05) is 24.8 Å². The van der Waals surface area contributed by atoms with Gasteiger partial charge in [0, 0.05) is 16.5 Å². The van der Waals surface area contributed by atoms with E-state index in [2.05, 4.69) is 11.6 Å². The van der Waals surface area contributed by atoms with Crippen LogP contribution in [0.5, 0.6) is 0 Å². The van der Waals surface area contributed by atoms with E-state index in [0.717, 1.165) is 5.41 Å². The number of para-hydroxylation sites is 1. The molecule has 0 aliphatic heterocycles. The Hall–Kier alpha value is -1.68. The van der Waals surface area contributed by atoms with Crippen molar-refractivity contribution in [1.82, 2.24) is 4.98 Å². The van der Waals surface area contributed by atoms with Crippen LogP contribution < -0.4 is 0 Å². The van der Waals surface area contributed by atoms with Crippen LogP contribution in [0.25, 0.3) is 10.9 Å². The van der Waals surface area contributed by atoms with Crippen molar-refractivity contribution in [3.63, 3.8) is 0 Å². The SMILES string of the molecule is C=CS(=O)(=O)c1cc(C)nc2ccccc12. The topological polar surface area (TPSA) is 47.0 Å². The predicted molar refractivity (Wildman–Crippen MR) is 63.9 cm³/mol. The van der Waals surface area contributed by atoms with Gasteiger partial charge in [0.15, 0.2) is 9.84 Å². The smallest absolute Gasteiger partial charge is 0.199 e. The lowest BCUT2D eigenvalue weighted by molar-refractivity contribution is 0.605. The number of nitrogens with zero attached hydrogens (tertiary/aromatic N) is 1. The lowest BCUT2D eigenvalue weighted by Crippen LogP contribution is -1.99. The molecule has 0 radical (unpaired) electrons. The van der Waals surface area contributed by atoms with Gasteiger partial charge in [0.1, 0.15) is 0 Å². The number of pyridine rings is 1. The maximum Gasteiger partial charge on any atom is 0.199 e. The van der Waals surface area contributed by atoms with Gasteiger partial charge in [-0.25, -0.2) is 8.42 Å². The van der Waals surface area contributed by atoms with Gasteiger partial charge in [-0.05, 0) is 19.1 Å². The fraction of sp³-hybridized carbons (Fsp3) is 0.0833. The second-order valence-electron chi connectivity index (χ2n) is 3.49. The van der Waals surface area contributed by atoms with Crippen LogP contribution >= 0.6 is 0 Å². The van der Waals surface area contributed by atoms with Crippen molar-refractivity contribution in [1.29, 1.82) is 0 Å².